The quantitative estimate of drug-likeness (QED) is 0.167. The molecule has 0 saturated heterocycles. The third-order valence-electron chi connectivity index (χ3n) is 7.33. The van der Waals surface area contributed by atoms with Gasteiger partial charge >= 0.3 is 0 Å². The molecular formula is C35H37Cl2N3O4S. The summed E-state index contributed by atoms with van der Waals surface area (Å²) in [7, 11) is -4.24. The average Bonchev–Trinajstić information content (AvgIpc) is 3.02. The molecule has 0 radical (unpaired) electrons. The Hall–Kier alpha value is -3.85. The second-order valence-electron chi connectivity index (χ2n) is 10.9. The van der Waals surface area contributed by atoms with Gasteiger partial charge < -0.3 is 10.2 Å². The van der Waals surface area contributed by atoms with Crippen molar-refractivity contribution in [1.29, 1.82) is 0 Å². The highest BCUT2D eigenvalue weighted by Crippen LogP contribution is 2.31. The van der Waals surface area contributed by atoms with Crippen molar-refractivity contribution in [1.82, 2.24) is 10.2 Å². The first-order chi connectivity index (χ1) is 21.5. The van der Waals surface area contributed by atoms with Crippen molar-refractivity contribution in [3.05, 3.63) is 129 Å². The predicted molar refractivity (Wildman–Crippen MR) is 181 cm³/mol. The maximum absolute atomic E-state index is 14.5. The van der Waals surface area contributed by atoms with Crippen LogP contribution in [0.2, 0.25) is 10.0 Å². The van der Waals surface area contributed by atoms with E-state index in [9.17, 15) is 18.0 Å². The van der Waals surface area contributed by atoms with Crippen LogP contribution in [0.3, 0.4) is 0 Å². The summed E-state index contributed by atoms with van der Waals surface area (Å²) in [6, 6.07) is 27.0. The molecule has 0 spiro atoms. The molecule has 0 heterocycles. The molecule has 7 nitrogen and oxygen atoms in total. The highest BCUT2D eigenvalue weighted by atomic mass is 35.5. The van der Waals surface area contributed by atoms with E-state index in [2.05, 4.69) is 5.32 Å². The van der Waals surface area contributed by atoms with Gasteiger partial charge in [-0.05, 0) is 61.7 Å². The normalized spacial score (nSPS) is 11.9. The first-order valence-corrected chi connectivity index (χ1v) is 16.9. The number of carbonyl (C=O) groups excluding carboxylic acids is 2. The summed E-state index contributed by atoms with van der Waals surface area (Å²) in [5.41, 5.74) is 3.73. The fourth-order valence-corrected chi connectivity index (χ4v) is 6.63. The summed E-state index contributed by atoms with van der Waals surface area (Å²) in [5.74, 6) is -0.866. The maximum Gasteiger partial charge on any atom is 0.264 e. The average molecular weight is 667 g/mol. The lowest BCUT2D eigenvalue weighted by Crippen LogP contribution is -2.53. The number of nitrogens with zero attached hydrogens (tertiary/aromatic N) is 2. The van der Waals surface area contributed by atoms with Crippen LogP contribution in [0.1, 0.15) is 35.6 Å². The van der Waals surface area contributed by atoms with E-state index in [-0.39, 0.29) is 39.5 Å². The highest BCUT2D eigenvalue weighted by molar-refractivity contribution is 7.92. The van der Waals surface area contributed by atoms with Crippen LogP contribution >= 0.6 is 23.2 Å². The molecular weight excluding hydrogens is 629 g/mol. The molecule has 0 fully saturated rings. The summed E-state index contributed by atoms with van der Waals surface area (Å²) in [4.78, 5) is 29.7. The zero-order valence-electron chi connectivity index (χ0n) is 25.5. The number of amides is 2. The number of aryl methyl sites for hydroxylation is 2. The molecule has 1 N–H and O–H groups in total. The largest absolute Gasteiger partial charge is 0.354 e. The molecule has 0 saturated carbocycles. The van der Waals surface area contributed by atoms with Crippen LogP contribution in [0.15, 0.2) is 102 Å². The molecule has 45 heavy (non-hydrogen) atoms. The zero-order valence-corrected chi connectivity index (χ0v) is 27.9. The van der Waals surface area contributed by atoms with Crippen molar-refractivity contribution >= 4 is 50.7 Å². The van der Waals surface area contributed by atoms with Gasteiger partial charge in [0.15, 0.2) is 0 Å². The van der Waals surface area contributed by atoms with Gasteiger partial charge in [0, 0.05) is 19.5 Å². The number of benzene rings is 4. The Kier molecular flexibility index (Phi) is 11.7. The van der Waals surface area contributed by atoms with Gasteiger partial charge in [0.1, 0.15) is 12.6 Å². The van der Waals surface area contributed by atoms with Gasteiger partial charge in [-0.3, -0.25) is 13.9 Å². The standard InChI is InChI=1S/C35H37Cl2N3O4S/c1-4-19-38-35(42)33(21-27-10-6-5-7-11-27)39(23-28-12-8-9-26(3)20-28)34(41)24-40(29-15-18-31(36)32(37)22-29)45(43,44)30-16-13-25(2)14-17-30/h5-18,20,22,33H,4,19,21,23-24H2,1-3H3,(H,38,42)/t33-/m0/s1. The van der Waals surface area contributed by atoms with Crippen molar-refractivity contribution in [2.75, 3.05) is 17.4 Å². The lowest BCUT2D eigenvalue weighted by Gasteiger charge is -2.34. The second-order valence-corrected chi connectivity index (χ2v) is 13.6. The summed E-state index contributed by atoms with van der Waals surface area (Å²) in [6.07, 6.45) is 0.959. The summed E-state index contributed by atoms with van der Waals surface area (Å²) in [6.45, 7) is 5.71. The van der Waals surface area contributed by atoms with Gasteiger partial charge in [0.2, 0.25) is 11.8 Å². The Balaban J connectivity index is 1.81. The van der Waals surface area contributed by atoms with E-state index in [1.165, 1.54) is 35.2 Å². The molecule has 4 aromatic rings. The molecule has 236 valence electrons. The molecule has 0 aliphatic rings. The molecule has 1 atom stereocenters. The van der Waals surface area contributed by atoms with Crippen LogP contribution in [0, 0.1) is 13.8 Å². The monoisotopic (exact) mass is 665 g/mol. The summed E-state index contributed by atoms with van der Waals surface area (Å²) < 4.78 is 29.3. The van der Waals surface area contributed by atoms with Crippen molar-refractivity contribution in [2.45, 2.75) is 51.1 Å². The Morgan fingerprint density at radius 2 is 1.49 bits per heavy atom. The number of carbonyl (C=O) groups is 2. The number of hydrogen-bond donors (Lipinski definition) is 1. The third-order valence-corrected chi connectivity index (χ3v) is 9.86. The van der Waals surface area contributed by atoms with Gasteiger partial charge in [-0.2, -0.15) is 0 Å². The molecule has 4 aromatic carbocycles. The number of sulfonamides is 1. The lowest BCUT2D eigenvalue weighted by molar-refractivity contribution is -0.140. The minimum absolute atomic E-state index is 0.0127. The summed E-state index contributed by atoms with van der Waals surface area (Å²) >= 11 is 12.5. The molecule has 2 amide bonds. The Labute approximate surface area is 275 Å². The van der Waals surface area contributed by atoms with Crippen LogP contribution in [0.25, 0.3) is 0 Å². The van der Waals surface area contributed by atoms with E-state index in [1.54, 1.807) is 12.1 Å². The number of halogens is 2. The molecule has 0 aliphatic carbocycles. The van der Waals surface area contributed by atoms with Gasteiger partial charge in [-0.15, -0.1) is 0 Å². The molecule has 0 unspecified atom stereocenters. The van der Waals surface area contributed by atoms with Crippen LogP contribution in [0.4, 0.5) is 5.69 Å². The van der Waals surface area contributed by atoms with E-state index in [1.807, 2.05) is 75.4 Å². The number of anilines is 1. The van der Waals surface area contributed by atoms with E-state index in [4.69, 9.17) is 23.2 Å². The van der Waals surface area contributed by atoms with E-state index >= 15 is 0 Å². The van der Waals surface area contributed by atoms with Crippen LogP contribution in [-0.2, 0) is 32.6 Å². The van der Waals surface area contributed by atoms with Crippen molar-refractivity contribution < 1.29 is 18.0 Å². The fraction of sp³-hybridized carbons (Fsp3) is 0.257. The Morgan fingerprint density at radius 3 is 2.13 bits per heavy atom. The third kappa shape index (κ3) is 8.87. The Morgan fingerprint density at radius 1 is 0.800 bits per heavy atom. The minimum Gasteiger partial charge on any atom is -0.354 e. The summed E-state index contributed by atoms with van der Waals surface area (Å²) in [5, 5.41) is 3.34. The molecule has 10 heteroatoms. The van der Waals surface area contributed by atoms with Gasteiger partial charge in [0.25, 0.3) is 10.0 Å². The minimum atomic E-state index is -4.24. The van der Waals surface area contributed by atoms with Gasteiger partial charge in [0.05, 0.1) is 20.6 Å². The van der Waals surface area contributed by atoms with Crippen molar-refractivity contribution in [3.63, 3.8) is 0 Å². The van der Waals surface area contributed by atoms with Crippen molar-refractivity contribution in [3.8, 4) is 0 Å². The smallest absolute Gasteiger partial charge is 0.264 e. The number of rotatable bonds is 13. The molecule has 0 aromatic heterocycles. The van der Waals surface area contributed by atoms with Gasteiger partial charge in [-0.1, -0.05) is 108 Å². The fourth-order valence-electron chi connectivity index (χ4n) is 4.93. The molecule has 4 rings (SSSR count). The molecule has 0 aliphatic heterocycles. The van der Waals surface area contributed by atoms with Crippen LogP contribution in [0.5, 0.6) is 0 Å². The van der Waals surface area contributed by atoms with Gasteiger partial charge in [-0.25, -0.2) is 8.42 Å². The van der Waals surface area contributed by atoms with E-state index in [0.29, 0.717) is 6.54 Å². The SMILES string of the molecule is CCCNC(=O)[C@H](Cc1ccccc1)N(Cc1cccc(C)c1)C(=O)CN(c1ccc(Cl)c(Cl)c1)S(=O)(=O)c1ccc(C)cc1. The number of hydrogen-bond acceptors (Lipinski definition) is 4. The van der Waals surface area contributed by atoms with Crippen molar-refractivity contribution in [2.24, 2.45) is 0 Å². The van der Waals surface area contributed by atoms with E-state index < -0.39 is 28.5 Å². The molecule has 0 bridgehead atoms. The predicted octanol–water partition coefficient (Wildman–Crippen LogP) is 6.97. The number of nitrogens with one attached hydrogen (secondary N) is 1. The first-order valence-electron chi connectivity index (χ1n) is 14.7. The first kappa shape index (κ1) is 34.0. The Bertz CT molecular complexity index is 1730. The zero-order chi connectivity index (χ0) is 32.6. The second kappa shape index (κ2) is 15.4. The topological polar surface area (TPSA) is 86.8 Å². The van der Waals surface area contributed by atoms with Crippen LogP contribution < -0.4 is 9.62 Å². The lowest BCUT2D eigenvalue weighted by atomic mass is 10.0. The maximum atomic E-state index is 14.5. The van der Waals surface area contributed by atoms with E-state index in [0.717, 1.165) is 33.0 Å². The highest BCUT2D eigenvalue weighted by Gasteiger charge is 2.34. The van der Waals surface area contributed by atoms with Crippen LogP contribution in [-0.4, -0.2) is 44.3 Å².